The average Bonchev–Trinajstić information content (AvgIpc) is 2.29. The zero-order valence-corrected chi connectivity index (χ0v) is 10.5. The molecule has 0 heterocycles. The number of nitrogens with two attached hydrogens (primary N) is 1. The lowest BCUT2D eigenvalue weighted by Crippen LogP contribution is -2.33. The number of carboxylic acids is 1. The molecule has 0 radical (unpaired) electrons. The molecule has 0 spiro atoms. The standard InChI is InChI=1S/C13H19NO3/c1-4-8-13(2,12(15)16)9-6-5-7-10(17-3)11(9)14/h5-7H,4,8,14H2,1-3H3,(H,15,16). The second kappa shape index (κ2) is 5.08. The molecule has 17 heavy (non-hydrogen) atoms. The van der Waals surface area contributed by atoms with Gasteiger partial charge in [-0.05, 0) is 25.0 Å². The fourth-order valence-electron chi connectivity index (χ4n) is 2.06. The van der Waals surface area contributed by atoms with Crippen LogP contribution in [0.1, 0.15) is 32.3 Å². The third kappa shape index (κ3) is 2.35. The highest BCUT2D eigenvalue weighted by atomic mass is 16.5. The number of methoxy groups -OCH3 is 1. The van der Waals surface area contributed by atoms with Crippen LogP contribution in [-0.4, -0.2) is 18.2 Å². The Bertz CT molecular complexity index is 417. The second-order valence-electron chi connectivity index (χ2n) is 4.31. The van der Waals surface area contributed by atoms with E-state index in [0.717, 1.165) is 6.42 Å². The van der Waals surface area contributed by atoms with Crippen molar-refractivity contribution in [2.45, 2.75) is 32.1 Å². The summed E-state index contributed by atoms with van der Waals surface area (Å²) < 4.78 is 5.12. The normalized spacial score (nSPS) is 14.1. The molecule has 1 aromatic rings. The van der Waals surface area contributed by atoms with Crippen molar-refractivity contribution in [3.8, 4) is 5.75 Å². The molecule has 4 nitrogen and oxygen atoms in total. The predicted octanol–water partition coefficient (Wildman–Crippen LogP) is 2.42. The number of anilines is 1. The van der Waals surface area contributed by atoms with Crippen LogP contribution >= 0.6 is 0 Å². The molecule has 0 aromatic heterocycles. The Morgan fingerprint density at radius 2 is 2.18 bits per heavy atom. The van der Waals surface area contributed by atoms with Crippen LogP contribution in [-0.2, 0) is 10.2 Å². The maximum Gasteiger partial charge on any atom is 0.313 e. The summed E-state index contributed by atoms with van der Waals surface area (Å²) in [6, 6.07) is 5.25. The minimum Gasteiger partial charge on any atom is -0.495 e. The zero-order chi connectivity index (χ0) is 13.1. The highest BCUT2D eigenvalue weighted by molar-refractivity contribution is 5.84. The molecule has 94 valence electrons. The molecule has 0 aliphatic heterocycles. The smallest absolute Gasteiger partial charge is 0.313 e. The van der Waals surface area contributed by atoms with Gasteiger partial charge in [-0.2, -0.15) is 0 Å². The molecule has 1 rings (SSSR count). The summed E-state index contributed by atoms with van der Waals surface area (Å²) in [4.78, 5) is 11.5. The van der Waals surface area contributed by atoms with Crippen molar-refractivity contribution >= 4 is 11.7 Å². The van der Waals surface area contributed by atoms with Crippen LogP contribution in [0.25, 0.3) is 0 Å². The van der Waals surface area contributed by atoms with Gasteiger partial charge in [0, 0.05) is 0 Å². The summed E-state index contributed by atoms with van der Waals surface area (Å²) in [5.41, 5.74) is 6.02. The van der Waals surface area contributed by atoms with E-state index < -0.39 is 11.4 Å². The highest BCUT2D eigenvalue weighted by Gasteiger charge is 2.36. The number of carboxylic acid groups (broad SMARTS) is 1. The van der Waals surface area contributed by atoms with Gasteiger partial charge < -0.3 is 15.6 Å². The molecule has 0 saturated carbocycles. The third-order valence-corrected chi connectivity index (χ3v) is 3.10. The fourth-order valence-corrected chi connectivity index (χ4v) is 2.06. The summed E-state index contributed by atoms with van der Waals surface area (Å²) in [5.74, 6) is -0.342. The first-order valence-corrected chi connectivity index (χ1v) is 5.63. The number of benzene rings is 1. The van der Waals surface area contributed by atoms with Crippen molar-refractivity contribution in [1.82, 2.24) is 0 Å². The van der Waals surface area contributed by atoms with Crippen molar-refractivity contribution in [2.75, 3.05) is 12.8 Å². The van der Waals surface area contributed by atoms with E-state index in [1.54, 1.807) is 25.1 Å². The number of carbonyl (C=O) groups is 1. The van der Waals surface area contributed by atoms with Gasteiger partial charge in [-0.25, -0.2) is 0 Å². The molecule has 1 aromatic carbocycles. The number of hydrogen-bond acceptors (Lipinski definition) is 3. The van der Waals surface area contributed by atoms with Gasteiger partial charge in [0.1, 0.15) is 5.75 Å². The number of rotatable bonds is 5. The minimum atomic E-state index is -0.965. The Morgan fingerprint density at radius 1 is 1.53 bits per heavy atom. The highest BCUT2D eigenvalue weighted by Crippen LogP contribution is 2.37. The van der Waals surface area contributed by atoms with Crippen LogP contribution in [0.3, 0.4) is 0 Å². The Labute approximate surface area is 101 Å². The molecular weight excluding hydrogens is 218 g/mol. The van der Waals surface area contributed by atoms with Gasteiger partial charge >= 0.3 is 5.97 Å². The second-order valence-corrected chi connectivity index (χ2v) is 4.31. The van der Waals surface area contributed by atoms with Gasteiger partial charge in [0.15, 0.2) is 0 Å². The first kappa shape index (κ1) is 13.4. The van der Waals surface area contributed by atoms with Gasteiger partial charge in [0.2, 0.25) is 0 Å². The Morgan fingerprint density at radius 3 is 2.65 bits per heavy atom. The lowest BCUT2D eigenvalue weighted by Gasteiger charge is -2.26. The van der Waals surface area contributed by atoms with Gasteiger partial charge in [0.25, 0.3) is 0 Å². The molecule has 0 bridgehead atoms. The molecular formula is C13H19NO3. The Kier molecular flexibility index (Phi) is 3.99. The van der Waals surface area contributed by atoms with E-state index in [4.69, 9.17) is 10.5 Å². The van der Waals surface area contributed by atoms with Crippen molar-refractivity contribution in [3.63, 3.8) is 0 Å². The molecule has 1 unspecified atom stereocenters. The molecule has 3 N–H and O–H groups in total. The summed E-state index contributed by atoms with van der Waals surface area (Å²) in [6.45, 7) is 3.65. The Hall–Kier alpha value is -1.71. The number of para-hydroxylation sites is 1. The molecule has 0 aliphatic rings. The lowest BCUT2D eigenvalue weighted by molar-refractivity contribution is -0.143. The first-order valence-electron chi connectivity index (χ1n) is 5.63. The van der Waals surface area contributed by atoms with Crippen LogP contribution in [0, 0.1) is 0 Å². The van der Waals surface area contributed by atoms with E-state index >= 15 is 0 Å². The van der Waals surface area contributed by atoms with Gasteiger partial charge in [-0.3, -0.25) is 4.79 Å². The van der Waals surface area contributed by atoms with Gasteiger partial charge in [-0.1, -0.05) is 25.5 Å². The van der Waals surface area contributed by atoms with E-state index in [1.807, 2.05) is 6.92 Å². The number of nitrogen functional groups attached to an aromatic ring is 1. The van der Waals surface area contributed by atoms with Crippen LogP contribution in [0.2, 0.25) is 0 Å². The van der Waals surface area contributed by atoms with Crippen molar-refractivity contribution in [2.24, 2.45) is 0 Å². The molecule has 1 atom stereocenters. The maximum absolute atomic E-state index is 11.5. The summed E-state index contributed by atoms with van der Waals surface area (Å²) in [6.07, 6.45) is 1.32. The SMILES string of the molecule is CCCC(C)(C(=O)O)c1cccc(OC)c1N. The summed E-state index contributed by atoms with van der Waals surface area (Å²) in [7, 11) is 1.52. The number of aliphatic carboxylic acids is 1. The van der Waals surface area contributed by atoms with Crippen LogP contribution in [0.5, 0.6) is 5.75 Å². The van der Waals surface area contributed by atoms with E-state index in [-0.39, 0.29) is 0 Å². The summed E-state index contributed by atoms with van der Waals surface area (Å²) >= 11 is 0. The topological polar surface area (TPSA) is 72.5 Å². The first-order chi connectivity index (χ1) is 7.97. The largest absolute Gasteiger partial charge is 0.495 e. The minimum absolute atomic E-state index is 0.411. The summed E-state index contributed by atoms with van der Waals surface area (Å²) in [5, 5.41) is 9.41. The quantitative estimate of drug-likeness (QED) is 0.771. The van der Waals surface area contributed by atoms with E-state index in [9.17, 15) is 9.90 Å². The predicted molar refractivity (Wildman–Crippen MR) is 67.3 cm³/mol. The maximum atomic E-state index is 11.5. The molecule has 0 aliphatic carbocycles. The third-order valence-electron chi connectivity index (χ3n) is 3.10. The molecule has 0 fully saturated rings. The molecule has 0 amide bonds. The fraction of sp³-hybridized carbons (Fsp3) is 0.462. The van der Waals surface area contributed by atoms with Crippen LogP contribution < -0.4 is 10.5 Å². The van der Waals surface area contributed by atoms with Gasteiger partial charge in [0.05, 0.1) is 18.2 Å². The molecule has 0 saturated heterocycles. The molecule has 4 heteroatoms. The van der Waals surface area contributed by atoms with E-state index in [2.05, 4.69) is 0 Å². The van der Waals surface area contributed by atoms with Crippen LogP contribution in [0.15, 0.2) is 18.2 Å². The number of hydrogen-bond donors (Lipinski definition) is 2. The van der Waals surface area contributed by atoms with Crippen molar-refractivity contribution in [3.05, 3.63) is 23.8 Å². The Balaban J connectivity index is 3.33. The van der Waals surface area contributed by atoms with Gasteiger partial charge in [-0.15, -0.1) is 0 Å². The van der Waals surface area contributed by atoms with E-state index in [0.29, 0.717) is 23.4 Å². The zero-order valence-electron chi connectivity index (χ0n) is 10.5. The van der Waals surface area contributed by atoms with E-state index in [1.165, 1.54) is 7.11 Å². The average molecular weight is 237 g/mol. The lowest BCUT2D eigenvalue weighted by atomic mass is 9.78. The monoisotopic (exact) mass is 237 g/mol. The van der Waals surface area contributed by atoms with Crippen molar-refractivity contribution < 1.29 is 14.6 Å². The van der Waals surface area contributed by atoms with Crippen molar-refractivity contribution in [1.29, 1.82) is 0 Å². The number of ether oxygens (including phenoxy) is 1. The van der Waals surface area contributed by atoms with Crippen LogP contribution in [0.4, 0.5) is 5.69 Å².